The highest BCUT2D eigenvalue weighted by molar-refractivity contribution is 5.77. The second-order valence-corrected chi connectivity index (χ2v) is 5.00. The summed E-state index contributed by atoms with van der Waals surface area (Å²) < 4.78 is 9.86. The summed E-state index contributed by atoms with van der Waals surface area (Å²) in [6.45, 7) is 0.0232. The molecule has 0 aromatic carbocycles. The number of aliphatic hydroxyl groups excluding tert-OH is 1. The van der Waals surface area contributed by atoms with Gasteiger partial charge in [-0.25, -0.2) is 4.98 Å². The van der Waals surface area contributed by atoms with E-state index in [0.717, 1.165) is 5.56 Å². The molecule has 1 heterocycles. The molecular formula is C14H20N2O4. The van der Waals surface area contributed by atoms with Crippen molar-refractivity contribution in [2.24, 2.45) is 5.92 Å². The van der Waals surface area contributed by atoms with Crippen molar-refractivity contribution in [3.8, 4) is 5.88 Å². The number of nitrogens with one attached hydrogen (secondary N) is 1. The molecule has 1 amide bonds. The maximum absolute atomic E-state index is 11.7. The van der Waals surface area contributed by atoms with Gasteiger partial charge in [-0.05, 0) is 24.3 Å². The zero-order valence-corrected chi connectivity index (χ0v) is 11.7. The molecule has 2 N–H and O–H groups in total. The molecule has 0 spiro atoms. The van der Waals surface area contributed by atoms with Crippen LogP contribution in [0.2, 0.25) is 0 Å². The number of carbonyl (C=O) groups excluding carboxylic acids is 1. The SMILES string of the molecule is COCC(=O)N[C@H](c1ccc(OC)nc1)C1CC(O)C1. The van der Waals surface area contributed by atoms with E-state index in [1.807, 2.05) is 6.07 Å². The van der Waals surface area contributed by atoms with Crippen molar-refractivity contribution in [1.82, 2.24) is 10.3 Å². The molecule has 6 nitrogen and oxygen atoms in total. The fraction of sp³-hybridized carbons (Fsp3) is 0.571. The van der Waals surface area contributed by atoms with Gasteiger partial charge in [0.2, 0.25) is 11.8 Å². The minimum atomic E-state index is -0.270. The molecule has 6 heteroatoms. The van der Waals surface area contributed by atoms with Crippen molar-refractivity contribution in [2.45, 2.75) is 25.0 Å². The van der Waals surface area contributed by atoms with Crippen molar-refractivity contribution in [3.05, 3.63) is 23.9 Å². The summed E-state index contributed by atoms with van der Waals surface area (Å²) in [7, 11) is 3.04. The average Bonchev–Trinajstić information content (AvgIpc) is 2.42. The Morgan fingerprint density at radius 1 is 1.50 bits per heavy atom. The number of pyridine rings is 1. The van der Waals surface area contributed by atoms with Crippen LogP contribution in [0, 0.1) is 5.92 Å². The van der Waals surface area contributed by atoms with Gasteiger partial charge in [0.05, 0.1) is 19.3 Å². The third kappa shape index (κ3) is 3.46. The summed E-state index contributed by atoms with van der Waals surface area (Å²) in [6.07, 6.45) is 2.79. The fourth-order valence-electron chi connectivity index (χ4n) is 2.42. The van der Waals surface area contributed by atoms with Crippen LogP contribution in [0.15, 0.2) is 18.3 Å². The van der Waals surface area contributed by atoms with Gasteiger partial charge in [-0.3, -0.25) is 4.79 Å². The van der Waals surface area contributed by atoms with Crippen LogP contribution in [-0.2, 0) is 9.53 Å². The van der Waals surface area contributed by atoms with E-state index in [4.69, 9.17) is 9.47 Å². The minimum absolute atomic E-state index is 0.0232. The van der Waals surface area contributed by atoms with Gasteiger partial charge in [0.15, 0.2) is 0 Å². The number of amides is 1. The van der Waals surface area contributed by atoms with Gasteiger partial charge < -0.3 is 19.9 Å². The molecule has 2 rings (SSSR count). The Balaban J connectivity index is 2.10. The predicted molar refractivity (Wildman–Crippen MR) is 72.3 cm³/mol. The maximum atomic E-state index is 11.7. The normalized spacial score (nSPS) is 22.8. The number of aliphatic hydroxyl groups is 1. The summed E-state index contributed by atoms with van der Waals surface area (Å²) in [5.74, 6) is 0.583. The van der Waals surface area contributed by atoms with Gasteiger partial charge in [-0.2, -0.15) is 0 Å². The highest BCUT2D eigenvalue weighted by atomic mass is 16.5. The molecule has 0 unspecified atom stereocenters. The van der Waals surface area contributed by atoms with Gasteiger partial charge in [0, 0.05) is 19.4 Å². The third-order valence-electron chi connectivity index (χ3n) is 3.54. The van der Waals surface area contributed by atoms with Crippen LogP contribution in [0.25, 0.3) is 0 Å². The maximum Gasteiger partial charge on any atom is 0.246 e. The van der Waals surface area contributed by atoms with Gasteiger partial charge in [-0.15, -0.1) is 0 Å². The lowest BCUT2D eigenvalue weighted by Gasteiger charge is -2.38. The van der Waals surface area contributed by atoms with Crippen LogP contribution in [-0.4, -0.2) is 42.9 Å². The molecule has 1 atom stereocenters. The van der Waals surface area contributed by atoms with Crippen LogP contribution < -0.4 is 10.1 Å². The molecule has 0 saturated heterocycles. The van der Waals surface area contributed by atoms with Gasteiger partial charge in [0.25, 0.3) is 0 Å². The second-order valence-electron chi connectivity index (χ2n) is 5.00. The Labute approximate surface area is 118 Å². The first-order chi connectivity index (χ1) is 9.63. The largest absolute Gasteiger partial charge is 0.481 e. The van der Waals surface area contributed by atoms with Crippen molar-refractivity contribution in [2.75, 3.05) is 20.8 Å². The third-order valence-corrected chi connectivity index (χ3v) is 3.54. The smallest absolute Gasteiger partial charge is 0.246 e. The molecule has 0 bridgehead atoms. The van der Waals surface area contributed by atoms with Crippen LogP contribution in [0.1, 0.15) is 24.4 Å². The van der Waals surface area contributed by atoms with Crippen molar-refractivity contribution >= 4 is 5.91 Å². The molecule has 20 heavy (non-hydrogen) atoms. The Morgan fingerprint density at radius 3 is 2.75 bits per heavy atom. The first kappa shape index (κ1) is 14.7. The van der Waals surface area contributed by atoms with Crippen molar-refractivity contribution < 1.29 is 19.4 Å². The number of rotatable bonds is 6. The predicted octanol–water partition coefficient (Wildman–Crippen LogP) is 0.665. The highest BCUT2D eigenvalue weighted by Crippen LogP contribution is 2.38. The van der Waals surface area contributed by atoms with Crippen LogP contribution >= 0.6 is 0 Å². The number of aromatic nitrogens is 1. The molecule has 110 valence electrons. The molecule has 1 fully saturated rings. The molecule has 0 radical (unpaired) electrons. The van der Waals surface area contributed by atoms with Gasteiger partial charge in [0.1, 0.15) is 6.61 Å². The van der Waals surface area contributed by atoms with Crippen LogP contribution in [0.3, 0.4) is 0 Å². The first-order valence-corrected chi connectivity index (χ1v) is 6.60. The quantitative estimate of drug-likeness (QED) is 0.800. The number of hydrogen-bond donors (Lipinski definition) is 2. The van der Waals surface area contributed by atoms with E-state index < -0.39 is 0 Å². The Bertz CT molecular complexity index is 443. The standard InChI is InChI=1S/C14H20N2O4/c1-19-8-12(18)16-14(10-5-11(17)6-10)9-3-4-13(20-2)15-7-9/h3-4,7,10-11,14,17H,5-6,8H2,1-2H3,(H,16,18)/t10?,11?,14-/m1/s1. The van der Waals surface area contributed by atoms with E-state index in [1.165, 1.54) is 7.11 Å². The molecule has 0 aliphatic heterocycles. The summed E-state index contributed by atoms with van der Waals surface area (Å²) in [6, 6.07) is 3.49. The average molecular weight is 280 g/mol. The lowest BCUT2D eigenvalue weighted by atomic mass is 9.75. The van der Waals surface area contributed by atoms with E-state index in [0.29, 0.717) is 18.7 Å². The van der Waals surface area contributed by atoms with Gasteiger partial charge >= 0.3 is 0 Å². The monoisotopic (exact) mass is 280 g/mol. The van der Waals surface area contributed by atoms with E-state index in [1.54, 1.807) is 19.4 Å². The molecule has 1 aromatic heterocycles. The zero-order chi connectivity index (χ0) is 14.5. The van der Waals surface area contributed by atoms with E-state index in [-0.39, 0.29) is 30.6 Å². The minimum Gasteiger partial charge on any atom is -0.481 e. The molecule has 1 saturated carbocycles. The fourth-order valence-corrected chi connectivity index (χ4v) is 2.42. The van der Waals surface area contributed by atoms with Gasteiger partial charge in [-0.1, -0.05) is 6.07 Å². The number of nitrogens with zero attached hydrogens (tertiary/aromatic N) is 1. The Hall–Kier alpha value is -1.66. The Morgan fingerprint density at radius 2 is 2.25 bits per heavy atom. The second kappa shape index (κ2) is 6.67. The van der Waals surface area contributed by atoms with Crippen molar-refractivity contribution in [1.29, 1.82) is 0 Å². The summed E-state index contributed by atoms with van der Waals surface area (Å²) in [5, 5.41) is 12.4. The number of hydrogen-bond acceptors (Lipinski definition) is 5. The Kier molecular flexibility index (Phi) is 4.92. The number of carbonyl (C=O) groups is 1. The summed E-state index contributed by atoms with van der Waals surface area (Å²) in [4.78, 5) is 15.9. The highest BCUT2D eigenvalue weighted by Gasteiger charge is 2.35. The molecule has 1 aliphatic carbocycles. The molecule has 1 aromatic rings. The summed E-state index contributed by atoms with van der Waals surface area (Å²) >= 11 is 0. The topological polar surface area (TPSA) is 80.7 Å². The van der Waals surface area contributed by atoms with E-state index in [2.05, 4.69) is 10.3 Å². The summed E-state index contributed by atoms with van der Waals surface area (Å²) in [5.41, 5.74) is 0.909. The molecular weight excluding hydrogens is 260 g/mol. The number of methoxy groups -OCH3 is 2. The van der Waals surface area contributed by atoms with Crippen LogP contribution in [0.4, 0.5) is 0 Å². The van der Waals surface area contributed by atoms with E-state index >= 15 is 0 Å². The zero-order valence-electron chi connectivity index (χ0n) is 11.7. The van der Waals surface area contributed by atoms with Crippen LogP contribution in [0.5, 0.6) is 5.88 Å². The lowest BCUT2D eigenvalue weighted by molar-refractivity contribution is -0.126. The number of ether oxygens (including phenoxy) is 2. The molecule has 1 aliphatic rings. The lowest BCUT2D eigenvalue weighted by Crippen LogP contribution is -2.42. The first-order valence-electron chi connectivity index (χ1n) is 6.60. The van der Waals surface area contributed by atoms with E-state index in [9.17, 15) is 9.90 Å². The van der Waals surface area contributed by atoms with Crippen molar-refractivity contribution in [3.63, 3.8) is 0 Å².